The lowest BCUT2D eigenvalue weighted by Gasteiger charge is -2.05. The zero-order valence-electron chi connectivity index (χ0n) is 10.1. The molecule has 2 aromatic carbocycles. The van der Waals surface area contributed by atoms with Crippen LogP contribution in [0.2, 0.25) is 0 Å². The predicted octanol–water partition coefficient (Wildman–Crippen LogP) is -0.452. The van der Waals surface area contributed by atoms with E-state index in [0.717, 1.165) is 11.2 Å². The fourth-order valence-corrected chi connectivity index (χ4v) is 1.52. The second kappa shape index (κ2) is 7.27. The van der Waals surface area contributed by atoms with Crippen molar-refractivity contribution in [2.45, 2.75) is 0 Å². The zero-order valence-corrected chi connectivity index (χ0v) is 10.1. The van der Waals surface area contributed by atoms with Gasteiger partial charge in [0.1, 0.15) is 7.85 Å². The number of hydrogen-bond donors (Lipinski definition) is 1. The average Bonchev–Trinajstić information content (AvgIpc) is 2.30. The first-order valence-electron chi connectivity index (χ1n) is 5.19. The van der Waals surface area contributed by atoms with Crippen molar-refractivity contribution < 1.29 is 15.7 Å². The number of benzene rings is 2. The fourth-order valence-electron chi connectivity index (χ4n) is 1.52. The summed E-state index contributed by atoms with van der Waals surface area (Å²) in [5, 5.41) is 2.86. The van der Waals surface area contributed by atoms with Crippen LogP contribution in [-0.4, -0.2) is 24.7 Å². The Labute approximate surface area is 107 Å². The van der Waals surface area contributed by atoms with Crippen molar-refractivity contribution in [2.75, 3.05) is 5.32 Å². The maximum atomic E-state index is 11.8. The normalized spacial score (nSPS) is 8.67. The maximum Gasteiger partial charge on any atom is 0.255 e. The minimum absolute atomic E-state index is 0. The number of anilines is 1. The van der Waals surface area contributed by atoms with Crippen molar-refractivity contribution in [1.29, 1.82) is 0 Å². The van der Waals surface area contributed by atoms with Gasteiger partial charge >= 0.3 is 0 Å². The molecule has 0 aliphatic carbocycles. The fraction of sp³-hybridized carbons (Fsp3) is 0. The highest BCUT2D eigenvalue weighted by atomic mass is 16.1. The standard InChI is InChI=1S/C13H12BNO.2H2O/c14-11-7-4-8-12(9-11)15-13(16)10-5-2-1-3-6-10;;/h1-9H,14H2,(H,15,16);2*1H2. The molecule has 2 aromatic rings. The highest BCUT2D eigenvalue weighted by molar-refractivity contribution is 6.32. The second-order valence-electron chi connectivity index (χ2n) is 3.69. The molecule has 0 aliphatic rings. The molecule has 0 fully saturated rings. The van der Waals surface area contributed by atoms with E-state index < -0.39 is 0 Å². The smallest absolute Gasteiger partial charge is 0.255 e. The number of carbonyl (C=O) groups is 1. The summed E-state index contributed by atoms with van der Waals surface area (Å²) in [6.45, 7) is 0. The molecule has 0 bridgehead atoms. The second-order valence-corrected chi connectivity index (χ2v) is 3.69. The lowest BCUT2D eigenvalue weighted by molar-refractivity contribution is 0.102. The van der Waals surface area contributed by atoms with Crippen LogP contribution in [-0.2, 0) is 0 Å². The summed E-state index contributed by atoms with van der Waals surface area (Å²) >= 11 is 0. The molecule has 4 nitrogen and oxygen atoms in total. The molecule has 5 heteroatoms. The Morgan fingerprint density at radius 3 is 2.22 bits per heavy atom. The van der Waals surface area contributed by atoms with E-state index in [1.54, 1.807) is 12.1 Å². The molecule has 0 saturated carbocycles. The third kappa shape index (κ3) is 4.05. The van der Waals surface area contributed by atoms with Gasteiger partial charge in [0, 0.05) is 11.3 Å². The molecule has 1 amide bonds. The Hall–Kier alpha value is -2.11. The van der Waals surface area contributed by atoms with Crippen molar-refractivity contribution in [3.05, 3.63) is 60.2 Å². The number of rotatable bonds is 2. The van der Waals surface area contributed by atoms with E-state index >= 15 is 0 Å². The van der Waals surface area contributed by atoms with E-state index in [9.17, 15) is 4.79 Å². The van der Waals surface area contributed by atoms with Gasteiger partial charge in [0.2, 0.25) is 0 Å². The van der Waals surface area contributed by atoms with Gasteiger partial charge in [-0.3, -0.25) is 4.79 Å². The third-order valence-corrected chi connectivity index (χ3v) is 2.31. The van der Waals surface area contributed by atoms with Crippen molar-refractivity contribution in [3.8, 4) is 0 Å². The number of carbonyl (C=O) groups excluding carboxylic acids is 1. The van der Waals surface area contributed by atoms with E-state index in [-0.39, 0.29) is 16.9 Å². The van der Waals surface area contributed by atoms with Crippen molar-refractivity contribution >= 4 is 24.9 Å². The lowest BCUT2D eigenvalue weighted by Crippen LogP contribution is -2.13. The SMILES string of the molecule is Bc1cccc(NC(=O)c2ccccc2)c1.O.O. The highest BCUT2D eigenvalue weighted by Gasteiger charge is 2.04. The van der Waals surface area contributed by atoms with Crippen LogP contribution in [0.1, 0.15) is 10.4 Å². The van der Waals surface area contributed by atoms with Gasteiger partial charge in [0.15, 0.2) is 0 Å². The summed E-state index contributed by atoms with van der Waals surface area (Å²) in [7, 11) is 2.00. The molecule has 0 spiro atoms. The Morgan fingerprint density at radius 2 is 1.61 bits per heavy atom. The summed E-state index contributed by atoms with van der Waals surface area (Å²) in [5.41, 5.74) is 2.63. The van der Waals surface area contributed by atoms with Crippen LogP contribution in [0.4, 0.5) is 5.69 Å². The highest BCUT2D eigenvalue weighted by Crippen LogP contribution is 2.07. The topological polar surface area (TPSA) is 92.1 Å². The largest absolute Gasteiger partial charge is 0.412 e. The van der Waals surface area contributed by atoms with Gasteiger partial charge in [0.25, 0.3) is 5.91 Å². The van der Waals surface area contributed by atoms with Gasteiger partial charge in [-0.15, -0.1) is 0 Å². The van der Waals surface area contributed by atoms with Gasteiger partial charge in [-0.05, 0) is 24.3 Å². The molecule has 0 unspecified atom stereocenters. The quantitative estimate of drug-likeness (QED) is 0.713. The Balaban J connectivity index is 0.00000144. The van der Waals surface area contributed by atoms with Crippen molar-refractivity contribution in [3.63, 3.8) is 0 Å². The molecule has 0 aliphatic heterocycles. The van der Waals surface area contributed by atoms with Crippen LogP contribution in [0.5, 0.6) is 0 Å². The van der Waals surface area contributed by atoms with Crippen LogP contribution in [0, 0.1) is 0 Å². The summed E-state index contributed by atoms with van der Waals surface area (Å²) < 4.78 is 0. The minimum Gasteiger partial charge on any atom is -0.412 e. The van der Waals surface area contributed by atoms with Gasteiger partial charge in [-0.25, -0.2) is 0 Å². The van der Waals surface area contributed by atoms with E-state index in [1.807, 2.05) is 50.3 Å². The van der Waals surface area contributed by atoms with Crippen molar-refractivity contribution in [2.24, 2.45) is 0 Å². The molecule has 0 radical (unpaired) electrons. The van der Waals surface area contributed by atoms with Gasteiger partial charge in [-0.2, -0.15) is 0 Å². The first-order valence-corrected chi connectivity index (χ1v) is 5.19. The molecule has 2 rings (SSSR count). The molecule has 0 atom stereocenters. The average molecular weight is 245 g/mol. The van der Waals surface area contributed by atoms with E-state index in [0.29, 0.717) is 5.56 Å². The van der Waals surface area contributed by atoms with Gasteiger partial charge < -0.3 is 16.3 Å². The number of hydrogen-bond acceptors (Lipinski definition) is 1. The zero-order chi connectivity index (χ0) is 11.4. The summed E-state index contributed by atoms with van der Waals surface area (Å²) in [6, 6.07) is 16.9. The third-order valence-electron chi connectivity index (χ3n) is 2.31. The molecule has 0 saturated heterocycles. The molecule has 0 heterocycles. The molecule has 94 valence electrons. The summed E-state index contributed by atoms with van der Waals surface area (Å²) in [5.74, 6) is -0.0776. The molecule has 5 N–H and O–H groups in total. The predicted molar refractivity (Wildman–Crippen MR) is 76.2 cm³/mol. The number of nitrogens with one attached hydrogen (secondary N) is 1. The maximum absolute atomic E-state index is 11.8. The molecular weight excluding hydrogens is 229 g/mol. The van der Waals surface area contributed by atoms with Gasteiger partial charge in [-0.1, -0.05) is 35.8 Å². The molecule has 0 aromatic heterocycles. The monoisotopic (exact) mass is 245 g/mol. The first-order chi connectivity index (χ1) is 7.75. The lowest BCUT2D eigenvalue weighted by atomic mass is 9.96. The first kappa shape index (κ1) is 15.9. The summed E-state index contributed by atoms with van der Waals surface area (Å²) in [4.78, 5) is 11.8. The van der Waals surface area contributed by atoms with E-state index in [4.69, 9.17) is 0 Å². The van der Waals surface area contributed by atoms with Gasteiger partial charge in [0.05, 0.1) is 0 Å². The van der Waals surface area contributed by atoms with E-state index in [1.165, 1.54) is 0 Å². The molecular formula is C13H16BNO3. The number of amides is 1. The van der Waals surface area contributed by atoms with Crippen LogP contribution >= 0.6 is 0 Å². The Kier molecular flexibility index (Phi) is 6.42. The van der Waals surface area contributed by atoms with Crippen molar-refractivity contribution in [1.82, 2.24) is 0 Å². The molecule has 18 heavy (non-hydrogen) atoms. The summed E-state index contributed by atoms with van der Waals surface area (Å²) in [6.07, 6.45) is 0. The van der Waals surface area contributed by atoms with Crippen LogP contribution < -0.4 is 10.8 Å². The van der Waals surface area contributed by atoms with Crippen LogP contribution in [0.25, 0.3) is 0 Å². The van der Waals surface area contributed by atoms with E-state index in [2.05, 4.69) is 5.32 Å². The Morgan fingerprint density at radius 1 is 0.944 bits per heavy atom. The minimum atomic E-state index is -0.0776. The van der Waals surface area contributed by atoms with Crippen LogP contribution in [0.3, 0.4) is 0 Å². The Bertz CT molecular complexity index is 503. The van der Waals surface area contributed by atoms with Crippen LogP contribution in [0.15, 0.2) is 54.6 Å².